The number of carbonyl (C=O) groups is 1. The molecule has 0 unspecified atom stereocenters. The monoisotopic (exact) mass is 544 g/mol. The van der Waals surface area contributed by atoms with Crippen molar-refractivity contribution in [2.24, 2.45) is 4.99 Å². The van der Waals surface area contributed by atoms with Crippen molar-refractivity contribution in [3.8, 4) is 11.5 Å². The van der Waals surface area contributed by atoms with E-state index >= 15 is 0 Å². The maximum Gasteiger partial charge on any atom is 0.253 e. The number of aryl methyl sites for hydroxylation is 2. The van der Waals surface area contributed by atoms with E-state index in [-0.39, 0.29) is 49.4 Å². The predicted molar refractivity (Wildman–Crippen MR) is 142 cm³/mol. The predicted octanol–water partition coefficient (Wildman–Crippen LogP) is 2.67. The lowest BCUT2D eigenvalue weighted by Crippen LogP contribution is -2.50. The van der Waals surface area contributed by atoms with Gasteiger partial charge in [0.25, 0.3) is 5.91 Å². The average molecular weight is 545 g/mol. The Balaban J connectivity index is 1.18. The first kappa shape index (κ1) is 26.6. The minimum Gasteiger partial charge on any atom is -0.490 e. The van der Waals surface area contributed by atoms with E-state index in [0.717, 1.165) is 42.8 Å². The zero-order chi connectivity index (χ0) is 26.8. The van der Waals surface area contributed by atoms with Crippen LogP contribution in [-0.4, -0.2) is 68.0 Å². The molecule has 0 aliphatic carbocycles. The maximum absolute atomic E-state index is 13.2. The molecule has 2 saturated heterocycles. The first-order chi connectivity index (χ1) is 18.3. The number of ether oxygens (including phenoxy) is 1. The number of amidine groups is 1. The van der Waals surface area contributed by atoms with Crippen LogP contribution < -0.4 is 20.3 Å². The van der Waals surface area contributed by atoms with Gasteiger partial charge in [-0.1, -0.05) is 18.2 Å². The normalized spacial score (nSPS) is 20.3. The van der Waals surface area contributed by atoms with Gasteiger partial charge in [0.05, 0.1) is 5.75 Å². The van der Waals surface area contributed by atoms with E-state index in [1.807, 2.05) is 25.1 Å². The van der Waals surface area contributed by atoms with E-state index < -0.39 is 15.6 Å². The number of benzene rings is 2. The van der Waals surface area contributed by atoms with Crippen LogP contribution in [0.5, 0.6) is 11.5 Å². The number of carbonyl (C=O) groups excluding carboxylic acids is 1. The Morgan fingerprint density at radius 2 is 1.87 bits per heavy atom. The van der Waals surface area contributed by atoms with Gasteiger partial charge in [0.2, 0.25) is 10.0 Å². The van der Waals surface area contributed by atoms with Crippen LogP contribution in [0.4, 0.5) is 4.53 Å². The standard InChI is InChI=1S/C27H33FN4O5S/c1-19-17-23(36-22-7-12-29-13-8-22)6-5-20(19)9-16-38(34,35)32-14-10-27(11-15-32)26(33)30-25(31-27)21-3-2-4-24(18-21)37-28/h2-6,17-18,22,29H,7-16H2,1H3,(H,30,31,33). The number of rotatable bonds is 8. The van der Waals surface area contributed by atoms with Crippen molar-refractivity contribution in [1.82, 2.24) is 14.9 Å². The molecule has 3 heterocycles. The smallest absolute Gasteiger partial charge is 0.253 e. The highest BCUT2D eigenvalue weighted by Gasteiger charge is 2.47. The van der Waals surface area contributed by atoms with E-state index in [9.17, 15) is 17.7 Å². The quantitative estimate of drug-likeness (QED) is 0.529. The van der Waals surface area contributed by atoms with Crippen LogP contribution in [0.1, 0.15) is 42.4 Å². The van der Waals surface area contributed by atoms with E-state index in [1.165, 1.54) is 16.4 Å². The Kier molecular flexibility index (Phi) is 7.69. The molecule has 1 spiro atoms. The Morgan fingerprint density at radius 1 is 1.11 bits per heavy atom. The highest BCUT2D eigenvalue weighted by Crippen LogP contribution is 2.33. The molecule has 38 heavy (non-hydrogen) atoms. The molecule has 0 atom stereocenters. The van der Waals surface area contributed by atoms with Gasteiger partial charge in [0.1, 0.15) is 23.2 Å². The lowest BCUT2D eigenvalue weighted by Gasteiger charge is -2.34. The second-order valence-corrected chi connectivity index (χ2v) is 12.3. The topological polar surface area (TPSA) is 109 Å². The van der Waals surface area contributed by atoms with Crippen LogP contribution in [0.25, 0.3) is 0 Å². The van der Waals surface area contributed by atoms with Crippen LogP contribution in [0.2, 0.25) is 0 Å². The summed E-state index contributed by atoms with van der Waals surface area (Å²) in [7, 11) is -3.51. The van der Waals surface area contributed by atoms with Gasteiger partial charge in [0.15, 0.2) is 5.75 Å². The molecule has 0 saturated carbocycles. The Bertz CT molecular complexity index is 1320. The van der Waals surface area contributed by atoms with Gasteiger partial charge in [-0.25, -0.2) is 12.7 Å². The Hall–Kier alpha value is -3.02. The molecular weight excluding hydrogens is 511 g/mol. The van der Waals surface area contributed by atoms with Crippen molar-refractivity contribution in [3.63, 3.8) is 0 Å². The first-order valence-corrected chi connectivity index (χ1v) is 14.6. The van der Waals surface area contributed by atoms with Crippen LogP contribution in [0.15, 0.2) is 47.5 Å². The van der Waals surface area contributed by atoms with E-state index in [1.54, 1.807) is 12.1 Å². The van der Waals surface area contributed by atoms with E-state index in [2.05, 4.69) is 20.6 Å². The van der Waals surface area contributed by atoms with Crippen molar-refractivity contribution in [1.29, 1.82) is 0 Å². The number of halogens is 1. The number of nitrogens with zero attached hydrogens (tertiary/aromatic N) is 2. The minimum atomic E-state index is -3.51. The summed E-state index contributed by atoms with van der Waals surface area (Å²) in [5.74, 6) is 0.903. The zero-order valence-corrected chi connectivity index (χ0v) is 22.2. The summed E-state index contributed by atoms with van der Waals surface area (Å²) in [6.07, 6.45) is 3.13. The van der Waals surface area contributed by atoms with Crippen molar-refractivity contribution in [2.45, 2.75) is 50.7 Å². The number of hydrogen-bond donors (Lipinski definition) is 2. The maximum atomic E-state index is 13.2. The third-order valence-electron chi connectivity index (χ3n) is 7.65. The molecule has 3 aliphatic rings. The summed E-state index contributed by atoms with van der Waals surface area (Å²) in [5.41, 5.74) is 1.50. The molecule has 1 amide bonds. The third kappa shape index (κ3) is 5.69. The molecule has 2 aromatic carbocycles. The number of amides is 1. The molecule has 0 aromatic heterocycles. The second kappa shape index (κ2) is 11.0. The van der Waals surface area contributed by atoms with Crippen LogP contribution in [-0.2, 0) is 21.2 Å². The highest BCUT2D eigenvalue weighted by molar-refractivity contribution is 7.89. The number of hydrogen-bond acceptors (Lipinski definition) is 7. The largest absolute Gasteiger partial charge is 0.490 e. The van der Waals surface area contributed by atoms with E-state index in [4.69, 9.17) is 4.74 Å². The lowest BCUT2D eigenvalue weighted by molar-refractivity contribution is -0.124. The van der Waals surface area contributed by atoms with Gasteiger partial charge < -0.3 is 15.4 Å². The molecule has 2 N–H and O–H groups in total. The zero-order valence-electron chi connectivity index (χ0n) is 21.4. The van der Waals surface area contributed by atoms with Crippen molar-refractivity contribution in [3.05, 3.63) is 59.2 Å². The molecule has 11 heteroatoms. The fourth-order valence-corrected chi connectivity index (χ4v) is 6.79. The molecule has 0 radical (unpaired) electrons. The van der Waals surface area contributed by atoms with Gasteiger partial charge in [0, 0.05) is 23.2 Å². The summed E-state index contributed by atoms with van der Waals surface area (Å²) in [6.45, 7) is 4.31. The molecule has 3 aliphatic heterocycles. The van der Waals surface area contributed by atoms with Crippen LogP contribution in [0.3, 0.4) is 0 Å². The SMILES string of the molecule is Cc1cc(OC2CCNCC2)ccc1CCS(=O)(=O)N1CCC2(CC1)N=C(c1cccc(OF)c1)NC2=O. The Morgan fingerprint density at radius 3 is 2.58 bits per heavy atom. The first-order valence-electron chi connectivity index (χ1n) is 13.0. The summed E-state index contributed by atoms with van der Waals surface area (Å²) in [4.78, 5) is 21.2. The number of piperidine rings is 2. The van der Waals surface area contributed by atoms with Crippen molar-refractivity contribution >= 4 is 21.8 Å². The van der Waals surface area contributed by atoms with Gasteiger partial charge >= 0.3 is 0 Å². The molecule has 9 nitrogen and oxygen atoms in total. The molecule has 5 rings (SSSR count). The second-order valence-electron chi connectivity index (χ2n) is 10.2. The third-order valence-corrected chi connectivity index (χ3v) is 9.52. The van der Waals surface area contributed by atoms with Crippen LogP contribution in [0, 0.1) is 6.92 Å². The summed E-state index contributed by atoms with van der Waals surface area (Å²) in [6, 6.07) is 12.1. The van der Waals surface area contributed by atoms with Crippen molar-refractivity contribution in [2.75, 3.05) is 31.9 Å². The van der Waals surface area contributed by atoms with Gasteiger partial charge in [-0.2, -0.15) is 0 Å². The minimum absolute atomic E-state index is 0.00786. The van der Waals surface area contributed by atoms with Gasteiger partial charge in [-0.15, -0.1) is 0 Å². The van der Waals surface area contributed by atoms with Crippen molar-refractivity contribution < 1.29 is 27.4 Å². The molecule has 2 fully saturated rings. The molecule has 0 bridgehead atoms. The molecule has 204 valence electrons. The Labute approximate surface area is 222 Å². The molecular formula is C27H33FN4O5S. The highest BCUT2D eigenvalue weighted by atomic mass is 32.2. The van der Waals surface area contributed by atoms with E-state index in [0.29, 0.717) is 17.8 Å². The molecule has 2 aromatic rings. The lowest BCUT2D eigenvalue weighted by atomic mass is 9.89. The fourth-order valence-electron chi connectivity index (χ4n) is 5.31. The fraction of sp³-hybridized carbons (Fsp3) is 0.481. The summed E-state index contributed by atoms with van der Waals surface area (Å²) >= 11 is 0. The number of sulfonamides is 1. The summed E-state index contributed by atoms with van der Waals surface area (Å²) < 4.78 is 46.4. The van der Waals surface area contributed by atoms with Gasteiger partial charge in [-0.3, -0.25) is 14.7 Å². The average Bonchev–Trinajstić information content (AvgIpc) is 3.24. The van der Waals surface area contributed by atoms with Gasteiger partial charge in [-0.05, 0) is 87.5 Å². The number of nitrogens with one attached hydrogen (secondary N) is 2. The van der Waals surface area contributed by atoms with Crippen LogP contribution >= 0.6 is 0 Å². The number of aliphatic imine (C=N–C) groups is 1. The summed E-state index contributed by atoms with van der Waals surface area (Å²) in [5, 5.41) is 6.10.